The van der Waals surface area contributed by atoms with Crippen molar-refractivity contribution in [2.45, 2.75) is 39.2 Å². The molecule has 0 atom stereocenters. The van der Waals surface area contributed by atoms with Gasteiger partial charge in [-0.2, -0.15) is 5.26 Å². The molecule has 6 nitrogen and oxygen atoms in total. The molecule has 0 saturated carbocycles. The third-order valence-corrected chi connectivity index (χ3v) is 5.48. The van der Waals surface area contributed by atoms with Crippen molar-refractivity contribution < 1.29 is 0 Å². The maximum atomic E-state index is 8.95. The van der Waals surface area contributed by atoms with Crippen LogP contribution in [0.2, 0.25) is 0 Å². The number of imidazole rings is 1. The van der Waals surface area contributed by atoms with Gasteiger partial charge in [-0.05, 0) is 36.2 Å². The Hall–Kier alpha value is -2.91. The zero-order valence-corrected chi connectivity index (χ0v) is 17.5. The van der Waals surface area contributed by atoms with Crippen molar-refractivity contribution in [1.82, 2.24) is 19.5 Å². The lowest BCUT2D eigenvalue weighted by atomic mass is 9.93. The van der Waals surface area contributed by atoms with Crippen molar-refractivity contribution in [1.29, 1.82) is 5.26 Å². The second-order valence-corrected chi connectivity index (χ2v) is 8.80. The summed E-state index contributed by atoms with van der Waals surface area (Å²) in [6, 6.07) is 14.2. The van der Waals surface area contributed by atoms with Crippen LogP contribution in [0.4, 0.5) is 5.82 Å². The number of hydrogen-bond donors (Lipinski definition) is 0. The van der Waals surface area contributed by atoms with E-state index in [2.05, 4.69) is 60.9 Å². The van der Waals surface area contributed by atoms with Crippen LogP contribution in [0.3, 0.4) is 0 Å². The Balaban J connectivity index is 1.44. The van der Waals surface area contributed by atoms with E-state index in [-0.39, 0.29) is 5.41 Å². The van der Waals surface area contributed by atoms with Gasteiger partial charge >= 0.3 is 0 Å². The van der Waals surface area contributed by atoms with E-state index < -0.39 is 0 Å². The first kappa shape index (κ1) is 19.4. The van der Waals surface area contributed by atoms with Crippen LogP contribution in [-0.4, -0.2) is 45.7 Å². The summed E-state index contributed by atoms with van der Waals surface area (Å²) in [4.78, 5) is 9.56. The molecule has 0 aliphatic carbocycles. The van der Waals surface area contributed by atoms with Crippen molar-refractivity contribution in [3.05, 3.63) is 59.4 Å². The molecule has 0 radical (unpaired) electrons. The number of benzene rings is 1. The number of nitrogens with zero attached hydrogens (tertiary/aromatic N) is 6. The van der Waals surface area contributed by atoms with Crippen LogP contribution in [-0.2, 0) is 12.0 Å². The standard InChI is InChI=1S/C23H28N6/c1-23(2,3)20-17-29-21(25-20)9-10-22(26-29)28-12-4-11-27(13-14-28)16-19-7-5-18(15-24)6-8-19/h5-10,17H,4,11-14,16H2,1-3H3. The van der Waals surface area contributed by atoms with Crippen LogP contribution >= 0.6 is 0 Å². The topological polar surface area (TPSA) is 60.5 Å². The highest BCUT2D eigenvalue weighted by Crippen LogP contribution is 2.22. The number of fused-ring (bicyclic) bond motifs is 1. The Labute approximate surface area is 172 Å². The van der Waals surface area contributed by atoms with E-state index in [0.717, 1.165) is 56.3 Å². The van der Waals surface area contributed by atoms with Gasteiger partial charge in [0.2, 0.25) is 0 Å². The van der Waals surface area contributed by atoms with E-state index >= 15 is 0 Å². The molecule has 150 valence electrons. The Morgan fingerprint density at radius 1 is 1.00 bits per heavy atom. The molecule has 1 saturated heterocycles. The maximum Gasteiger partial charge on any atom is 0.153 e. The molecule has 1 fully saturated rings. The molecule has 0 N–H and O–H groups in total. The van der Waals surface area contributed by atoms with Gasteiger partial charge in [-0.15, -0.1) is 5.10 Å². The van der Waals surface area contributed by atoms with Crippen molar-refractivity contribution in [3.8, 4) is 6.07 Å². The quantitative estimate of drug-likeness (QED) is 0.686. The lowest BCUT2D eigenvalue weighted by Crippen LogP contribution is -2.31. The summed E-state index contributed by atoms with van der Waals surface area (Å²) in [5.74, 6) is 1.01. The summed E-state index contributed by atoms with van der Waals surface area (Å²) in [5, 5.41) is 13.8. The van der Waals surface area contributed by atoms with Crippen LogP contribution in [0.15, 0.2) is 42.6 Å². The normalized spacial score (nSPS) is 16.0. The third kappa shape index (κ3) is 4.41. The SMILES string of the molecule is CC(C)(C)c1cn2nc(N3CCCN(Cc4ccc(C#N)cc4)CC3)ccc2n1. The molecule has 3 aromatic rings. The first-order valence-corrected chi connectivity index (χ1v) is 10.3. The van der Waals surface area contributed by atoms with Crippen molar-refractivity contribution in [2.75, 3.05) is 31.1 Å². The lowest BCUT2D eigenvalue weighted by Gasteiger charge is -2.22. The molecule has 1 aliphatic heterocycles. The van der Waals surface area contributed by atoms with Crippen molar-refractivity contribution in [3.63, 3.8) is 0 Å². The lowest BCUT2D eigenvalue weighted by molar-refractivity contribution is 0.285. The van der Waals surface area contributed by atoms with Crippen LogP contribution in [0.5, 0.6) is 0 Å². The highest BCUT2D eigenvalue weighted by atomic mass is 15.3. The molecule has 0 unspecified atom stereocenters. The van der Waals surface area contributed by atoms with Gasteiger partial charge in [0.1, 0.15) is 5.82 Å². The second-order valence-electron chi connectivity index (χ2n) is 8.80. The maximum absolute atomic E-state index is 8.95. The predicted octanol–water partition coefficient (Wildman–Crippen LogP) is 3.61. The summed E-state index contributed by atoms with van der Waals surface area (Å²) in [5.41, 5.74) is 3.95. The number of hydrogen-bond acceptors (Lipinski definition) is 5. The fourth-order valence-corrected chi connectivity index (χ4v) is 3.70. The Morgan fingerprint density at radius 2 is 1.79 bits per heavy atom. The molecule has 0 amide bonds. The number of anilines is 1. The molecule has 29 heavy (non-hydrogen) atoms. The molecular weight excluding hydrogens is 360 g/mol. The summed E-state index contributed by atoms with van der Waals surface area (Å²) < 4.78 is 1.91. The van der Waals surface area contributed by atoms with Gasteiger partial charge in [0.05, 0.1) is 23.5 Å². The highest BCUT2D eigenvalue weighted by molar-refractivity contribution is 5.47. The first-order chi connectivity index (χ1) is 13.9. The summed E-state index contributed by atoms with van der Waals surface area (Å²) in [7, 11) is 0. The van der Waals surface area contributed by atoms with Gasteiger partial charge in [0.25, 0.3) is 0 Å². The molecule has 3 heterocycles. The van der Waals surface area contributed by atoms with Gasteiger partial charge in [0, 0.05) is 38.1 Å². The van der Waals surface area contributed by atoms with Crippen molar-refractivity contribution in [2.24, 2.45) is 0 Å². The van der Waals surface area contributed by atoms with Gasteiger partial charge in [0.15, 0.2) is 5.65 Å². The number of rotatable bonds is 3. The summed E-state index contributed by atoms with van der Waals surface area (Å²) in [6.45, 7) is 11.5. The molecule has 1 aromatic carbocycles. The van der Waals surface area contributed by atoms with E-state index in [1.54, 1.807) is 0 Å². The monoisotopic (exact) mass is 388 g/mol. The summed E-state index contributed by atoms with van der Waals surface area (Å²) >= 11 is 0. The number of aromatic nitrogens is 3. The highest BCUT2D eigenvalue weighted by Gasteiger charge is 2.20. The average molecular weight is 389 g/mol. The molecule has 1 aliphatic rings. The van der Waals surface area contributed by atoms with Crippen LogP contribution in [0.25, 0.3) is 5.65 Å². The van der Waals surface area contributed by atoms with Crippen LogP contribution in [0, 0.1) is 11.3 Å². The van der Waals surface area contributed by atoms with Gasteiger partial charge in [-0.3, -0.25) is 4.90 Å². The average Bonchev–Trinajstić information content (AvgIpc) is 3.01. The fourth-order valence-electron chi connectivity index (χ4n) is 3.70. The minimum Gasteiger partial charge on any atom is -0.354 e. The minimum atomic E-state index is 0.0163. The first-order valence-electron chi connectivity index (χ1n) is 10.3. The van der Waals surface area contributed by atoms with Gasteiger partial charge in [-0.1, -0.05) is 32.9 Å². The zero-order chi connectivity index (χ0) is 20.4. The van der Waals surface area contributed by atoms with Crippen molar-refractivity contribution >= 4 is 11.5 Å². The molecule has 4 rings (SSSR count). The van der Waals surface area contributed by atoms with Crippen LogP contribution in [0.1, 0.15) is 44.0 Å². The summed E-state index contributed by atoms with van der Waals surface area (Å²) in [6.07, 6.45) is 3.15. The van der Waals surface area contributed by atoms with Gasteiger partial charge in [-0.25, -0.2) is 9.50 Å². The second kappa shape index (κ2) is 7.84. The zero-order valence-electron chi connectivity index (χ0n) is 17.5. The molecule has 2 aromatic heterocycles. The van der Waals surface area contributed by atoms with E-state index in [4.69, 9.17) is 15.3 Å². The molecular formula is C23H28N6. The Morgan fingerprint density at radius 3 is 2.52 bits per heavy atom. The smallest absolute Gasteiger partial charge is 0.153 e. The largest absolute Gasteiger partial charge is 0.354 e. The third-order valence-electron chi connectivity index (χ3n) is 5.48. The number of nitriles is 1. The predicted molar refractivity (Wildman–Crippen MR) is 115 cm³/mol. The minimum absolute atomic E-state index is 0.0163. The van der Waals surface area contributed by atoms with E-state index in [1.165, 1.54) is 5.56 Å². The molecule has 6 heteroatoms. The van der Waals surface area contributed by atoms with Crippen LogP contribution < -0.4 is 4.90 Å². The molecule has 0 bridgehead atoms. The fraction of sp³-hybridized carbons (Fsp3) is 0.435. The Bertz CT molecular complexity index is 1020. The Kier molecular flexibility index (Phi) is 5.25. The van der Waals surface area contributed by atoms with E-state index in [9.17, 15) is 0 Å². The molecule has 0 spiro atoms. The van der Waals surface area contributed by atoms with E-state index in [1.807, 2.05) is 22.8 Å². The van der Waals surface area contributed by atoms with Gasteiger partial charge < -0.3 is 4.90 Å². The van der Waals surface area contributed by atoms with E-state index in [0.29, 0.717) is 5.56 Å².